The van der Waals surface area contributed by atoms with Crippen LogP contribution in [0.2, 0.25) is 0 Å². The highest BCUT2D eigenvalue weighted by molar-refractivity contribution is 6.04. The monoisotopic (exact) mass is 241 g/mol. The van der Waals surface area contributed by atoms with Gasteiger partial charge < -0.3 is 9.23 Å². The van der Waals surface area contributed by atoms with Gasteiger partial charge in [-0.2, -0.15) is 0 Å². The molecule has 1 saturated heterocycles. The number of carbonyl (C=O) groups excluding carboxylic acids is 1. The Hall–Kier alpha value is -1.55. The first kappa shape index (κ1) is 11.5. The molecule has 0 atom stereocenters. The van der Waals surface area contributed by atoms with Crippen molar-refractivity contribution in [2.75, 3.05) is 13.1 Å². The second-order valence-corrected chi connectivity index (χ2v) is 5.09. The van der Waals surface area contributed by atoms with E-state index >= 15 is 0 Å². The maximum Gasteiger partial charge on any atom is 0.201 e. The number of nitrogens with zero attached hydrogens (tertiary/aromatic N) is 1. The molecule has 2 aromatic rings. The highest BCUT2D eigenvalue weighted by Crippen LogP contribution is 2.25. The van der Waals surface area contributed by atoms with E-state index in [4.69, 9.17) is 4.42 Å². The predicted molar refractivity (Wildman–Crippen MR) is 73.4 cm³/mol. The van der Waals surface area contributed by atoms with E-state index in [9.17, 15) is 4.79 Å². The van der Waals surface area contributed by atoms with Gasteiger partial charge in [0.1, 0.15) is 5.58 Å². The number of ketones is 1. The second kappa shape index (κ2) is 4.61. The summed E-state index contributed by atoms with van der Waals surface area (Å²) in [5, 5.41) is 1.01. The number of fused-ring (bicyclic) bond motifs is 1. The summed E-state index contributed by atoms with van der Waals surface area (Å²) in [5.74, 6) is 0.812. The van der Waals surface area contributed by atoms with Crippen molar-refractivity contribution in [1.29, 1.82) is 0 Å². The van der Waals surface area contributed by atoms with Crippen molar-refractivity contribution in [3.63, 3.8) is 0 Å². The summed E-state index contributed by atoms with van der Waals surface area (Å²) in [4.78, 5) is 14.6. The van der Waals surface area contributed by atoms with Gasteiger partial charge in [0.15, 0.2) is 13.7 Å². The number of piperidine rings is 1. The molecule has 0 N–H and O–H groups in total. The van der Waals surface area contributed by atoms with Gasteiger partial charge in [0.25, 0.3) is 0 Å². The van der Waals surface area contributed by atoms with E-state index in [0.29, 0.717) is 5.76 Å². The van der Waals surface area contributed by atoms with Gasteiger partial charge in [0.2, 0.25) is 5.78 Å². The largest absolute Gasteiger partial charge is 0.453 e. The zero-order chi connectivity index (χ0) is 12.5. The summed E-state index contributed by atoms with van der Waals surface area (Å²) in [6, 6.07) is 9.64. The van der Waals surface area contributed by atoms with E-state index in [1.165, 1.54) is 0 Å². The fourth-order valence-electron chi connectivity index (χ4n) is 2.58. The molecule has 3 rings (SSSR count). The fourth-order valence-corrected chi connectivity index (χ4v) is 2.58. The number of Topliss-reactive ketones (excluding diaryl/α,β-unsaturated/α-hetero) is 1. The van der Waals surface area contributed by atoms with Crippen LogP contribution in [-0.2, 0) is 0 Å². The first-order valence-corrected chi connectivity index (χ1v) is 6.45. The molecule has 92 valence electrons. The Morgan fingerprint density at radius 2 is 2.00 bits per heavy atom. The molecule has 1 aromatic heterocycles. The fraction of sp³-hybridized carbons (Fsp3) is 0.357. The molecule has 3 nitrogen and oxygen atoms in total. The van der Waals surface area contributed by atoms with Crippen LogP contribution in [0.15, 0.2) is 34.7 Å². The second-order valence-electron chi connectivity index (χ2n) is 5.09. The first-order chi connectivity index (χ1) is 8.74. The van der Waals surface area contributed by atoms with Crippen LogP contribution < -0.4 is 0 Å². The summed E-state index contributed by atoms with van der Waals surface area (Å²) in [6.45, 7) is 1.99. The standard InChI is InChI=1S/C14H16BNO2/c15-16-7-5-10(6-8-16)14(17)13-9-11-3-1-2-4-12(11)18-13/h1-4,9-10H,5-8,15H2. The lowest BCUT2D eigenvalue weighted by Crippen LogP contribution is -2.34. The zero-order valence-corrected chi connectivity index (χ0v) is 10.6. The smallest absolute Gasteiger partial charge is 0.201 e. The van der Waals surface area contributed by atoms with Gasteiger partial charge in [-0.25, -0.2) is 0 Å². The summed E-state index contributed by atoms with van der Waals surface area (Å²) in [7, 11) is 2.10. The number of hydrogen-bond acceptors (Lipinski definition) is 3. The number of para-hydroxylation sites is 1. The Morgan fingerprint density at radius 1 is 1.28 bits per heavy atom. The first-order valence-electron chi connectivity index (χ1n) is 6.45. The van der Waals surface area contributed by atoms with Gasteiger partial charge in [0, 0.05) is 11.3 Å². The highest BCUT2D eigenvalue weighted by Gasteiger charge is 2.26. The molecule has 0 bridgehead atoms. The lowest BCUT2D eigenvalue weighted by Gasteiger charge is -2.27. The van der Waals surface area contributed by atoms with E-state index in [2.05, 4.69) is 12.8 Å². The summed E-state index contributed by atoms with van der Waals surface area (Å²) >= 11 is 0. The Labute approximate surface area is 107 Å². The van der Waals surface area contributed by atoms with Crippen molar-refractivity contribution >= 4 is 24.7 Å². The molecule has 1 aliphatic rings. The average Bonchev–Trinajstić information content (AvgIpc) is 2.82. The van der Waals surface area contributed by atoms with Gasteiger partial charge in [-0.3, -0.25) is 4.79 Å². The van der Waals surface area contributed by atoms with Crippen LogP contribution in [0.25, 0.3) is 11.0 Å². The average molecular weight is 241 g/mol. The number of benzene rings is 1. The van der Waals surface area contributed by atoms with Gasteiger partial charge in [-0.1, -0.05) is 18.2 Å². The van der Waals surface area contributed by atoms with Crippen LogP contribution in [0, 0.1) is 5.92 Å². The van der Waals surface area contributed by atoms with E-state index in [1.807, 2.05) is 30.3 Å². The minimum atomic E-state index is 0.127. The summed E-state index contributed by atoms with van der Waals surface area (Å²) < 4.78 is 5.65. The van der Waals surface area contributed by atoms with Crippen molar-refractivity contribution in [2.45, 2.75) is 12.8 Å². The molecule has 0 radical (unpaired) electrons. The molecule has 0 unspecified atom stereocenters. The third-order valence-electron chi connectivity index (χ3n) is 3.76. The molecule has 0 spiro atoms. The van der Waals surface area contributed by atoms with Crippen molar-refractivity contribution in [1.82, 2.24) is 4.81 Å². The molecular formula is C14H16BNO2. The predicted octanol–water partition coefficient (Wildman–Crippen LogP) is 1.88. The van der Waals surface area contributed by atoms with Gasteiger partial charge in [0.05, 0.1) is 0 Å². The minimum absolute atomic E-state index is 0.127. The summed E-state index contributed by atoms with van der Waals surface area (Å²) in [6.07, 6.45) is 1.87. The third kappa shape index (κ3) is 2.08. The molecule has 4 heteroatoms. The van der Waals surface area contributed by atoms with Crippen LogP contribution in [-0.4, -0.2) is 31.7 Å². The third-order valence-corrected chi connectivity index (χ3v) is 3.76. The molecule has 0 saturated carbocycles. The van der Waals surface area contributed by atoms with Crippen LogP contribution in [0.4, 0.5) is 0 Å². The highest BCUT2D eigenvalue weighted by atomic mass is 16.3. The lowest BCUT2D eigenvalue weighted by atomic mass is 9.90. The van der Waals surface area contributed by atoms with Crippen LogP contribution >= 0.6 is 0 Å². The Morgan fingerprint density at radius 3 is 2.72 bits per heavy atom. The number of furan rings is 1. The maximum atomic E-state index is 12.4. The molecule has 1 aromatic carbocycles. The quantitative estimate of drug-likeness (QED) is 0.594. The van der Waals surface area contributed by atoms with Crippen molar-refractivity contribution in [2.24, 2.45) is 5.92 Å². The van der Waals surface area contributed by atoms with Crippen molar-refractivity contribution in [3.8, 4) is 0 Å². The molecular weight excluding hydrogens is 225 g/mol. The topological polar surface area (TPSA) is 33.5 Å². The normalized spacial score (nSPS) is 18.2. The SMILES string of the molecule is BN1CCC(C(=O)c2cc3ccccc3o2)CC1. The van der Waals surface area contributed by atoms with E-state index in [0.717, 1.165) is 36.9 Å². The van der Waals surface area contributed by atoms with Gasteiger partial charge in [-0.15, -0.1) is 0 Å². The molecule has 0 amide bonds. The number of rotatable bonds is 2. The van der Waals surface area contributed by atoms with Gasteiger partial charge >= 0.3 is 0 Å². The molecule has 1 aliphatic heterocycles. The van der Waals surface area contributed by atoms with Crippen LogP contribution in [0.5, 0.6) is 0 Å². The van der Waals surface area contributed by atoms with E-state index in [1.54, 1.807) is 0 Å². The van der Waals surface area contributed by atoms with E-state index in [-0.39, 0.29) is 11.7 Å². The maximum absolute atomic E-state index is 12.4. The number of carbonyl (C=O) groups is 1. The molecule has 1 fully saturated rings. The Kier molecular flexibility index (Phi) is 2.96. The molecule has 2 heterocycles. The van der Waals surface area contributed by atoms with Crippen LogP contribution in [0.3, 0.4) is 0 Å². The Bertz CT molecular complexity index is 537. The lowest BCUT2D eigenvalue weighted by molar-refractivity contribution is 0.0850. The van der Waals surface area contributed by atoms with Crippen LogP contribution in [0.1, 0.15) is 23.4 Å². The Balaban J connectivity index is 1.83. The van der Waals surface area contributed by atoms with Crippen molar-refractivity contribution in [3.05, 3.63) is 36.1 Å². The zero-order valence-electron chi connectivity index (χ0n) is 10.6. The molecule has 0 aliphatic carbocycles. The van der Waals surface area contributed by atoms with Gasteiger partial charge in [-0.05, 0) is 38.1 Å². The van der Waals surface area contributed by atoms with E-state index < -0.39 is 0 Å². The minimum Gasteiger partial charge on any atom is -0.453 e. The van der Waals surface area contributed by atoms with Crippen molar-refractivity contribution < 1.29 is 9.21 Å². The summed E-state index contributed by atoms with van der Waals surface area (Å²) in [5.41, 5.74) is 0.800. The molecule has 18 heavy (non-hydrogen) atoms. The number of hydrogen-bond donors (Lipinski definition) is 0.